The molecule has 4 nitrogen and oxygen atoms in total. The summed E-state index contributed by atoms with van der Waals surface area (Å²) in [6, 6.07) is 21.4. The highest BCUT2D eigenvalue weighted by Crippen LogP contribution is 2.28. The molecule has 0 heterocycles. The number of nitriles is 1. The van der Waals surface area contributed by atoms with Gasteiger partial charge in [0, 0.05) is 6.07 Å². The van der Waals surface area contributed by atoms with Crippen molar-refractivity contribution >= 4 is 10.8 Å². The van der Waals surface area contributed by atoms with E-state index in [0.717, 1.165) is 11.1 Å². The molecule has 0 spiro atoms. The summed E-state index contributed by atoms with van der Waals surface area (Å²) in [5, 5.41) is 11.3. The molecule has 0 aliphatic rings. The summed E-state index contributed by atoms with van der Waals surface area (Å²) in [5.74, 6) is 2.00. The van der Waals surface area contributed by atoms with E-state index in [-0.39, 0.29) is 0 Å². The lowest BCUT2D eigenvalue weighted by Crippen LogP contribution is -2.10. The lowest BCUT2D eigenvalue weighted by molar-refractivity contribution is 0.208. The van der Waals surface area contributed by atoms with Crippen molar-refractivity contribution in [2.24, 2.45) is 0 Å². The van der Waals surface area contributed by atoms with E-state index in [9.17, 15) is 0 Å². The van der Waals surface area contributed by atoms with Crippen molar-refractivity contribution in [3.63, 3.8) is 0 Å². The first kappa shape index (κ1) is 16.7. The molecule has 0 unspecified atom stereocenters. The summed E-state index contributed by atoms with van der Waals surface area (Å²) >= 11 is 0. The highest BCUT2D eigenvalue weighted by molar-refractivity contribution is 5.83. The smallest absolute Gasteiger partial charge is 0.162 e. The molecule has 0 aliphatic carbocycles. The summed E-state index contributed by atoms with van der Waals surface area (Å²) in [5.41, 5.74) is 0.545. The first-order valence-corrected chi connectivity index (χ1v) is 8.21. The number of nitrogens with zero attached hydrogens (tertiary/aromatic N) is 1. The van der Waals surface area contributed by atoms with Gasteiger partial charge in [0.15, 0.2) is 11.5 Å². The van der Waals surface area contributed by atoms with Gasteiger partial charge in [-0.1, -0.05) is 30.3 Å². The van der Waals surface area contributed by atoms with Gasteiger partial charge >= 0.3 is 0 Å². The van der Waals surface area contributed by atoms with E-state index < -0.39 is 0 Å². The van der Waals surface area contributed by atoms with E-state index in [4.69, 9.17) is 19.5 Å². The van der Waals surface area contributed by atoms with Crippen LogP contribution in [-0.2, 0) is 0 Å². The van der Waals surface area contributed by atoms with Gasteiger partial charge in [0.1, 0.15) is 19.0 Å². The van der Waals surface area contributed by atoms with Gasteiger partial charge in [0.25, 0.3) is 0 Å². The summed E-state index contributed by atoms with van der Waals surface area (Å²) < 4.78 is 17.0. The maximum atomic E-state index is 8.97. The summed E-state index contributed by atoms with van der Waals surface area (Å²) in [6.07, 6.45) is 0. The van der Waals surface area contributed by atoms with E-state index in [2.05, 4.69) is 18.2 Å². The Bertz CT molecular complexity index is 899. The van der Waals surface area contributed by atoms with Crippen molar-refractivity contribution in [1.82, 2.24) is 0 Å². The quantitative estimate of drug-likeness (QED) is 0.594. The number of hydrogen-bond acceptors (Lipinski definition) is 4. The van der Waals surface area contributed by atoms with Gasteiger partial charge in [0.05, 0.1) is 18.2 Å². The van der Waals surface area contributed by atoms with Gasteiger partial charge in [-0.3, -0.25) is 0 Å². The number of hydrogen-bond donors (Lipinski definition) is 0. The highest BCUT2D eigenvalue weighted by Gasteiger charge is 2.06. The standard InChI is InChI=1S/C21H19NO3/c1-2-23-21-13-16(15-22)7-10-20(21)25-12-11-24-19-9-8-17-5-3-4-6-18(17)14-19/h3-10,13-14H,2,11-12H2,1H3. The Labute approximate surface area is 147 Å². The molecule has 0 saturated heterocycles. The van der Waals surface area contributed by atoms with Crippen LogP contribution in [0.25, 0.3) is 10.8 Å². The van der Waals surface area contributed by atoms with Crippen molar-refractivity contribution in [1.29, 1.82) is 5.26 Å². The van der Waals surface area contributed by atoms with E-state index in [1.54, 1.807) is 18.2 Å². The topological polar surface area (TPSA) is 51.5 Å². The molecule has 0 atom stereocenters. The normalized spacial score (nSPS) is 10.2. The Kier molecular flexibility index (Phi) is 5.38. The third kappa shape index (κ3) is 4.21. The minimum absolute atomic E-state index is 0.388. The van der Waals surface area contributed by atoms with Gasteiger partial charge in [-0.25, -0.2) is 0 Å². The fourth-order valence-corrected chi connectivity index (χ4v) is 2.53. The zero-order chi connectivity index (χ0) is 17.5. The molecular weight excluding hydrogens is 314 g/mol. The average Bonchev–Trinajstić information content (AvgIpc) is 2.66. The van der Waals surface area contributed by atoms with Crippen LogP contribution in [-0.4, -0.2) is 19.8 Å². The highest BCUT2D eigenvalue weighted by atomic mass is 16.5. The maximum Gasteiger partial charge on any atom is 0.162 e. The van der Waals surface area contributed by atoms with Crippen LogP contribution in [0.2, 0.25) is 0 Å². The number of rotatable bonds is 7. The predicted molar refractivity (Wildman–Crippen MR) is 97.3 cm³/mol. The average molecular weight is 333 g/mol. The van der Waals surface area contributed by atoms with Crippen LogP contribution < -0.4 is 14.2 Å². The molecule has 3 aromatic carbocycles. The second-order valence-electron chi connectivity index (χ2n) is 5.41. The lowest BCUT2D eigenvalue weighted by Gasteiger charge is -2.13. The Balaban J connectivity index is 1.58. The van der Waals surface area contributed by atoms with Crippen LogP contribution in [0.4, 0.5) is 0 Å². The first-order chi connectivity index (χ1) is 12.3. The van der Waals surface area contributed by atoms with E-state index in [1.165, 1.54) is 5.39 Å². The third-order valence-corrected chi connectivity index (χ3v) is 3.70. The molecule has 25 heavy (non-hydrogen) atoms. The number of fused-ring (bicyclic) bond motifs is 1. The maximum absolute atomic E-state index is 8.97. The van der Waals surface area contributed by atoms with Crippen LogP contribution in [0.15, 0.2) is 60.7 Å². The third-order valence-electron chi connectivity index (χ3n) is 3.70. The molecule has 0 N–H and O–H groups in total. The first-order valence-electron chi connectivity index (χ1n) is 8.21. The van der Waals surface area contributed by atoms with Crippen molar-refractivity contribution < 1.29 is 14.2 Å². The largest absolute Gasteiger partial charge is 0.490 e. The minimum atomic E-state index is 0.388. The van der Waals surface area contributed by atoms with Crippen molar-refractivity contribution in [2.75, 3.05) is 19.8 Å². The van der Waals surface area contributed by atoms with Crippen molar-refractivity contribution in [3.05, 3.63) is 66.2 Å². The Morgan fingerprint density at radius 3 is 2.40 bits per heavy atom. The van der Waals surface area contributed by atoms with Gasteiger partial charge in [-0.2, -0.15) is 5.26 Å². The number of ether oxygens (including phenoxy) is 3. The molecule has 0 radical (unpaired) electrons. The summed E-state index contributed by atoms with van der Waals surface area (Å²) in [7, 11) is 0. The number of benzene rings is 3. The second-order valence-corrected chi connectivity index (χ2v) is 5.41. The van der Waals surface area contributed by atoms with Crippen LogP contribution in [0, 0.1) is 11.3 Å². The SMILES string of the molecule is CCOc1cc(C#N)ccc1OCCOc1ccc2ccccc2c1. The fraction of sp³-hybridized carbons (Fsp3) is 0.190. The molecule has 0 aliphatic heterocycles. The monoisotopic (exact) mass is 333 g/mol. The zero-order valence-electron chi connectivity index (χ0n) is 14.1. The molecule has 0 saturated carbocycles. The van der Waals surface area contributed by atoms with E-state index in [1.807, 2.05) is 37.3 Å². The van der Waals surface area contributed by atoms with Gasteiger partial charge in [-0.05, 0) is 42.0 Å². The van der Waals surface area contributed by atoms with Crippen LogP contribution in [0.5, 0.6) is 17.2 Å². The summed E-state index contributed by atoms with van der Waals surface area (Å²) in [6.45, 7) is 3.22. The molecule has 0 bridgehead atoms. The van der Waals surface area contributed by atoms with Crippen LogP contribution in [0.1, 0.15) is 12.5 Å². The molecular formula is C21H19NO3. The fourth-order valence-electron chi connectivity index (χ4n) is 2.53. The van der Waals surface area contributed by atoms with Crippen molar-refractivity contribution in [3.8, 4) is 23.3 Å². The summed E-state index contributed by atoms with van der Waals surface area (Å²) in [4.78, 5) is 0. The minimum Gasteiger partial charge on any atom is -0.490 e. The molecule has 3 rings (SSSR count). The second kappa shape index (κ2) is 8.07. The van der Waals surface area contributed by atoms with E-state index in [0.29, 0.717) is 36.9 Å². The molecule has 126 valence electrons. The predicted octanol–water partition coefficient (Wildman–Crippen LogP) is 4.57. The van der Waals surface area contributed by atoms with Crippen molar-refractivity contribution in [2.45, 2.75) is 6.92 Å². The molecule has 4 heteroatoms. The molecule has 0 fully saturated rings. The molecule has 0 aromatic heterocycles. The van der Waals surface area contributed by atoms with Crippen LogP contribution >= 0.6 is 0 Å². The van der Waals surface area contributed by atoms with Gasteiger partial charge in [-0.15, -0.1) is 0 Å². The van der Waals surface area contributed by atoms with E-state index >= 15 is 0 Å². The molecule has 3 aromatic rings. The Morgan fingerprint density at radius 1 is 0.800 bits per heavy atom. The Hall–Kier alpha value is -3.19. The van der Waals surface area contributed by atoms with Gasteiger partial charge in [0.2, 0.25) is 0 Å². The Morgan fingerprint density at radius 2 is 1.60 bits per heavy atom. The van der Waals surface area contributed by atoms with Gasteiger partial charge < -0.3 is 14.2 Å². The lowest BCUT2D eigenvalue weighted by atomic mass is 10.1. The van der Waals surface area contributed by atoms with Crippen LogP contribution in [0.3, 0.4) is 0 Å². The zero-order valence-corrected chi connectivity index (χ0v) is 14.1. The molecule has 0 amide bonds.